The molecule has 3 aromatic rings. The molecule has 0 aliphatic rings. The number of esters is 1. The van der Waals surface area contributed by atoms with Gasteiger partial charge in [-0.2, -0.15) is 0 Å². The van der Waals surface area contributed by atoms with Gasteiger partial charge in [0.25, 0.3) is 0 Å². The number of hydrogen-bond acceptors (Lipinski definition) is 6. The highest BCUT2D eigenvalue weighted by molar-refractivity contribution is 5.88. The summed E-state index contributed by atoms with van der Waals surface area (Å²) >= 11 is 0. The van der Waals surface area contributed by atoms with Crippen molar-refractivity contribution >= 4 is 29.8 Å². The van der Waals surface area contributed by atoms with E-state index in [0.29, 0.717) is 24.6 Å². The van der Waals surface area contributed by atoms with Crippen LogP contribution in [-0.4, -0.2) is 30.6 Å². The number of ether oxygens (including phenoxy) is 3. The predicted octanol–water partition coefficient (Wildman–Crippen LogP) is 4.98. The van der Waals surface area contributed by atoms with Gasteiger partial charge in [0.15, 0.2) is 0 Å². The Morgan fingerprint density at radius 2 is 1.58 bits per heavy atom. The number of nitrogens with zero attached hydrogens (tertiary/aromatic N) is 1. The smallest absolute Gasteiger partial charge is 0.311 e. The highest BCUT2D eigenvalue weighted by Gasteiger charge is 2.05. The minimum atomic E-state index is -0.307. The number of rotatable bonds is 10. The van der Waals surface area contributed by atoms with Crippen LogP contribution in [0.3, 0.4) is 0 Å². The fourth-order valence-electron chi connectivity index (χ4n) is 2.90. The van der Waals surface area contributed by atoms with Crippen LogP contribution in [0.15, 0.2) is 66.9 Å². The van der Waals surface area contributed by atoms with E-state index in [1.807, 2.05) is 54.6 Å². The molecule has 0 saturated heterocycles. The monoisotopic (exact) mass is 446 g/mol. The first kappa shape index (κ1) is 23.5. The minimum Gasteiger partial charge on any atom is -0.497 e. The first-order chi connectivity index (χ1) is 16.0. The summed E-state index contributed by atoms with van der Waals surface area (Å²) in [7, 11) is 1.61. The highest BCUT2D eigenvalue weighted by atomic mass is 16.5. The average molecular weight is 447 g/mol. The zero-order chi connectivity index (χ0) is 23.5. The van der Waals surface area contributed by atoms with Crippen molar-refractivity contribution < 1.29 is 23.8 Å². The molecule has 0 aliphatic carbocycles. The quantitative estimate of drug-likeness (QED) is 0.268. The summed E-state index contributed by atoms with van der Waals surface area (Å²) in [6.07, 6.45) is 6.29. The van der Waals surface area contributed by atoms with Crippen molar-refractivity contribution in [3.05, 3.63) is 78.0 Å². The summed E-state index contributed by atoms with van der Waals surface area (Å²) in [6, 6.07) is 18.1. The molecule has 0 bridgehead atoms. The Morgan fingerprint density at radius 1 is 0.909 bits per heavy atom. The molecule has 1 amide bonds. The lowest BCUT2D eigenvalue weighted by atomic mass is 10.1. The Labute approximate surface area is 193 Å². The SMILES string of the molecule is COc1ccc(OCCCC(=O)Oc2ccc(/C=C/c3ccnc(NC(C)=O)c3)cc2)cc1. The van der Waals surface area contributed by atoms with E-state index in [0.717, 1.165) is 22.6 Å². The zero-order valence-corrected chi connectivity index (χ0v) is 18.6. The number of carbonyl (C=O) groups excluding carboxylic acids is 2. The van der Waals surface area contributed by atoms with Crippen molar-refractivity contribution in [2.24, 2.45) is 0 Å². The Bertz CT molecular complexity index is 1090. The van der Waals surface area contributed by atoms with Crippen molar-refractivity contribution in [3.63, 3.8) is 0 Å². The fourth-order valence-corrected chi connectivity index (χ4v) is 2.90. The largest absolute Gasteiger partial charge is 0.497 e. The van der Waals surface area contributed by atoms with Gasteiger partial charge < -0.3 is 19.5 Å². The summed E-state index contributed by atoms with van der Waals surface area (Å²) < 4.78 is 16.1. The molecule has 3 rings (SSSR count). The molecule has 0 aliphatic heterocycles. The van der Waals surface area contributed by atoms with Crippen molar-refractivity contribution in [2.75, 3.05) is 19.0 Å². The molecule has 1 aromatic heterocycles. The summed E-state index contributed by atoms with van der Waals surface area (Å²) in [5.74, 6) is 2.01. The number of amides is 1. The van der Waals surface area contributed by atoms with Gasteiger partial charge in [-0.3, -0.25) is 9.59 Å². The first-order valence-corrected chi connectivity index (χ1v) is 10.5. The number of carbonyl (C=O) groups is 2. The molecule has 1 heterocycles. The molecule has 0 radical (unpaired) electrons. The van der Waals surface area contributed by atoms with Crippen molar-refractivity contribution in [1.82, 2.24) is 4.98 Å². The molecule has 0 spiro atoms. The van der Waals surface area contributed by atoms with Crippen LogP contribution >= 0.6 is 0 Å². The van der Waals surface area contributed by atoms with Crippen LogP contribution in [0, 0.1) is 0 Å². The number of hydrogen-bond donors (Lipinski definition) is 1. The summed E-state index contributed by atoms with van der Waals surface area (Å²) in [4.78, 5) is 27.3. The van der Waals surface area contributed by atoms with E-state index in [2.05, 4.69) is 10.3 Å². The number of pyridine rings is 1. The predicted molar refractivity (Wildman–Crippen MR) is 127 cm³/mol. The normalized spacial score (nSPS) is 10.6. The van der Waals surface area contributed by atoms with Crippen LogP contribution in [0.4, 0.5) is 5.82 Å². The van der Waals surface area contributed by atoms with E-state index in [4.69, 9.17) is 14.2 Å². The van der Waals surface area contributed by atoms with E-state index < -0.39 is 0 Å². The second kappa shape index (κ2) is 12.0. The van der Waals surface area contributed by atoms with Crippen LogP contribution in [-0.2, 0) is 9.59 Å². The van der Waals surface area contributed by atoms with Gasteiger partial charge in [0, 0.05) is 19.5 Å². The van der Waals surface area contributed by atoms with Gasteiger partial charge in [0.05, 0.1) is 13.7 Å². The van der Waals surface area contributed by atoms with E-state index in [9.17, 15) is 9.59 Å². The average Bonchev–Trinajstić information content (AvgIpc) is 2.82. The number of anilines is 1. The minimum absolute atomic E-state index is 0.168. The molecule has 0 fully saturated rings. The summed E-state index contributed by atoms with van der Waals surface area (Å²) in [5, 5.41) is 2.65. The molecule has 1 N–H and O–H groups in total. The van der Waals surface area contributed by atoms with Gasteiger partial charge >= 0.3 is 5.97 Å². The van der Waals surface area contributed by atoms with Crippen LogP contribution in [0.5, 0.6) is 17.2 Å². The molecule has 2 aromatic carbocycles. The summed E-state index contributed by atoms with van der Waals surface area (Å²) in [5.41, 5.74) is 1.85. The highest BCUT2D eigenvalue weighted by Crippen LogP contribution is 2.18. The van der Waals surface area contributed by atoms with Crippen LogP contribution < -0.4 is 19.5 Å². The third kappa shape index (κ3) is 8.14. The maximum Gasteiger partial charge on any atom is 0.311 e. The number of aromatic nitrogens is 1. The summed E-state index contributed by atoms with van der Waals surface area (Å²) in [6.45, 7) is 1.86. The molecule has 7 nitrogen and oxygen atoms in total. The Balaban J connectivity index is 1.42. The second-order valence-electron chi connectivity index (χ2n) is 7.16. The zero-order valence-electron chi connectivity index (χ0n) is 18.6. The first-order valence-electron chi connectivity index (χ1n) is 10.5. The van der Waals surface area contributed by atoms with E-state index in [1.54, 1.807) is 31.5 Å². The lowest BCUT2D eigenvalue weighted by Gasteiger charge is -2.07. The number of nitrogens with one attached hydrogen (secondary N) is 1. The lowest BCUT2D eigenvalue weighted by Crippen LogP contribution is -2.09. The maximum absolute atomic E-state index is 12.1. The molecule has 170 valence electrons. The standard InChI is InChI=1S/C26H26N2O5/c1-19(29)28-25-18-21(15-16-27-25)6-5-20-7-9-24(10-8-20)33-26(30)4-3-17-32-23-13-11-22(31-2)12-14-23/h5-16,18H,3-4,17H2,1-2H3,(H,27,28,29)/b6-5+. The van der Waals surface area contributed by atoms with Gasteiger partial charge in [0.1, 0.15) is 23.1 Å². The molecule has 0 unspecified atom stereocenters. The van der Waals surface area contributed by atoms with Crippen molar-refractivity contribution in [3.8, 4) is 17.2 Å². The van der Waals surface area contributed by atoms with Crippen LogP contribution in [0.2, 0.25) is 0 Å². The second-order valence-corrected chi connectivity index (χ2v) is 7.16. The Morgan fingerprint density at radius 3 is 2.27 bits per heavy atom. The molecule has 33 heavy (non-hydrogen) atoms. The molecular weight excluding hydrogens is 420 g/mol. The number of methoxy groups -OCH3 is 1. The lowest BCUT2D eigenvalue weighted by molar-refractivity contribution is -0.134. The third-order valence-electron chi connectivity index (χ3n) is 4.52. The van der Waals surface area contributed by atoms with Crippen molar-refractivity contribution in [2.45, 2.75) is 19.8 Å². The van der Waals surface area contributed by atoms with Gasteiger partial charge in [-0.25, -0.2) is 4.98 Å². The van der Waals surface area contributed by atoms with Crippen LogP contribution in [0.25, 0.3) is 12.2 Å². The Kier molecular flexibility index (Phi) is 8.59. The molecule has 0 atom stereocenters. The van der Waals surface area contributed by atoms with E-state index in [-0.39, 0.29) is 18.3 Å². The maximum atomic E-state index is 12.1. The molecule has 7 heteroatoms. The van der Waals surface area contributed by atoms with Crippen molar-refractivity contribution in [1.29, 1.82) is 0 Å². The fraction of sp³-hybridized carbons (Fsp3) is 0.192. The van der Waals surface area contributed by atoms with Gasteiger partial charge in [-0.15, -0.1) is 0 Å². The van der Waals surface area contributed by atoms with Gasteiger partial charge in [-0.1, -0.05) is 24.3 Å². The Hall–Kier alpha value is -4.13. The van der Waals surface area contributed by atoms with Gasteiger partial charge in [-0.05, 0) is 66.1 Å². The van der Waals surface area contributed by atoms with E-state index in [1.165, 1.54) is 6.92 Å². The molecule has 0 saturated carbocycles. The van der Waals surface area contributed by atoms with Crippen LogP contribution in [0.1, 0.15) is 30.9 Å². The van der Waals surface area contributed by atoms with E-state index >= 15 is 0 Å². The molecular formula is C26H26N2O5. The number of benzene rings is 2. The topological polar surface area (TPSA) is 86.8 Å². The van der Waals surface area contributed by atoms with Gasteiger partial charge in [0.2, 0.25) is 5.91 Å². The third-order valence-corrected chi connectivity index (χ3v) is 4.52.